The molecule has 0 fully saturated rings. The molecule has 5 nitrogen and oxygen atoms in total. The molecular weight excluding hydrogens is 276 g/mol. The largest absolute Gasteiger partial charge is 0.494 e. The molecule has 1 aromatic carbocycles. The van der Waals surface area contributed by atoms with Gasteiger partial charge in [0.25, 0.3) is 5.69 Å². The maximum atomic E-state index is 11.0. The van der Waals surface area contributed by atoms with E-state index >= 15 is 0 Å². The van der Waals surface area contributed by atoms with Crippen LogP contribution in [-0.2, 0) is 0 Å². The van der Waals surface area contributed by atoms with E-state index in [0.717, 1.165) is 0 Å². The summed E-state index contributed by atoms with van der Waals surface area (Å²) in [7, 11) is 1.49. The molecule has 0 spiro atoms. The number of ether oxygens (including phenoxy) is 1. The SMILES string of the molecule is CCNc1c(OC)cc(Br)c(C)c1[N+](=O)[O-]. The summed E-state index contributed by atoms with van der Waals surface area (Å²) in [6.45, 7) is 4.17. The summed E-state index contributed by atoms with van der Waals surface area (Å²) in [6, 6.07) is 1.72. The maximum absolute atomic E-state index is 11.0. The van der Waals surface area contributed by atoms with Crippen LogP contribution < -0.4 is 10.1 Å². The lowest BCUT2D eigenvalue weighted by Crippen LogP contribution is -2.05. The summed E-state index contributed by atoms with van der Waals surface area (Å²) >= 11 is 3.28. The summed E-state index contributed by atoms with van der Waals surface area (Å²) in [6.07, 6.45) is 0. The second kappa shape index (κ2) is 5.16. The van der Waals surface area contributed by atoms with Crippen LogP contribution in [0.1, 0.15) is 12.5 Å². The van der Waals surface area contributed by atoms with E-state index in [2.05, 4.69) is 21.2 Å². The number of nitro groups is 1. The first-order chi connectivity index (χ1) is 7.52. The standard InChI is InChI=1S/C10H13BrN2O3/c1-4-12-9-8(16-3)5-7(11)6(2)10(9)13(14)15/h5,12H,4H2,1-3H3. The lowest BCUT2D eigenvalue weighted by Gasteiger charge is -2.12. The van der Waals surface area contributed by atoms with Crippen LogP contribution in [0.5, 0.6) is 5.75 Å². The van der Waals surface area contributed by atoms with Crippen molar-refractivity contribution in [2.75, 3.05) is 19.0 Å². The third-order valence-electron chi connectivity index (χ3n) is 2.21. The molecule has 0 unspecified atom stereocenters. The average molecular weight is 289 g/mol. The number of benzene rings is 1. The molecule has 0 bridgehead atoms. The van der Waals surface area contributed by atoms with Crippen LogP contribution in [0.4, 0.5) is 11.4 Å². The van der Waals surface area contributed by atoms with E-state index in [4.69, 9.17) is 4.74 Å². The van der Waals surface area contributed by atoms with E-state index < -0.39 is 4.92 Å². The summed E-state index contributed by atoms with van der Waals surface area (Å²) < 4.78 is 5.79. The second-order valence-electron chi connectivity index (χ2n) is 3.20. The minimum absolute atomic E-state index is 0.0491. The van der Waals surface area contributed by atoms with Crippen molar-refractivity contribution in [3.8, 4) is 5.75 Å². The van der Waals surface area contributed by atoms with Crippen molar-refractivity contribution in [2.24, 2.45) is 0 Å². The molecule has 1 rings (SSSR count). The van der Waals surface area contributed by atoms with Gasteiger partial charge in [-0.25, -0.2) is 0 Å². The van der Waals surface area contributed by atoms with Crippen molar-refractivity contribution < 1.29 is 9.66 Å². The summed E-state index contributed by atoms with van der Waals surface area (Å²) in [5, 5.41) is 14.0. The van der Waals surface area contributed by atoms with Crippen LogP contribution in [0, 0.1) is 17.0 Å². The Labute approximate surface area is 102 Å². The van der Waals surface area contributed by atoms with Crippen LogP contribution in [0.3, 0.4) is 0 Å². The van der Waals surface area contributed by atoms with E-state index in [1.807, 2.05) is 6.92 Å². The zero-order chi connectivity index (χ0) is 12.3. The van der Waals surface area contributed by atoms with Gasteiger partial charge < -0.3 is 10.1 Å². The van der Waals surface area contributed by atoms with Crippen LogP contribution >= 0.6 is 15.9 Å². The molecule has 0 aromatic heterocycles. The predicted molar refractivity (Wildman–Crippen MR) is 66.2 cm³/mol. The van der Waals surface area contributed by atoms with Crippen molar-refractivity contribution >= 4 is 27.3 Å². The highest BCUT2D eigenvalue weighted by Gasteiger charge is 2.23. The molecule has 1 N–H and O–H groups in total. The quantitative estimate of drug-likeness (QED) is 0.683. The molecule has 0 aliphatic rings. The Kier molecular flexibility index (Phi) is 4.12. The van der Waals surface area contributed by atoms with Gasteiger partial charge in [-0.05, 0) is 19.9 Å². The van der Waals surface area contributed by atoms with Gasteiger partial charge in [0.2, 0.25) is 0 Å². The Bertz CT molecular complexity index is 421. The van der Waals surface area contributed by atoms with Crippen molar-refractivity contribution in [1.82, 2.24) is 0 Å². The molecule has 88 valence electrons. The second-order valence-corrected chi connectivity index (χ2v) is 4.05. The molecular formula is C10H13BrN2O3. The van der Waals surface area contributed by atoms with Crippen LogP contribution in [0.2, 0.25) is 0 Å². The van der Waals surface area contributed by atoms with E-state index in [-0.39, 0.29) is 5.69 Å². The van der Waals surface area contributed by atoms with E-state index in [0.29, 0.717) is 28.0 Å². The number of nitro benzene ring substituents is 1. The van der Waals surface area contributed by atoms with Gasteiger partial charge in [-0.3, -0.25) is 10.1 Å². The van der Waals surface area contributed by atoms with Crippen molar-refractivity contribution in [2.45, 2.75) is 13.8 Å². The Morgan fingerprint density at radius 2 is 2.25 bits per heavy atom. The Balaban J connectivity index is 3.50. The zero-order valence-electron chi connectivity index (χ0n) is 9.33. The monoisotopic (exact) mass is 288 g/mol. The van der Waals surface area contributed by atoms with Crippen molar-refractivity contribution in [3.05, 3.63) is 26.2 Å². The number of halogens is 1. The molecule has 0 aliphatic carbocycles. The summed E-state index contributed by atoms with van der Waals surface area (Å²) in [5.41, 5.74) is 1.06. The normalized spacial score (nSPS) is 10.0. The van der Waals surface area contributed by atoms with E-state index in [9.17, 15) is 10.1 Å². The summed E-state index contributed by atoms with van der Waals surface area (Å²) in [5.74, 6) is 0.464. The van der Waals surface area contributed by atoms with Crippen molar-refractivity contribution in [3.63, 3.8) is 0 Å². The molecule has 16 heavy (non-hydrogen) atoms. The first-order valence-corrected chi connectivity index (χ1v) is 5.57. The third-order valence-corrected chi connectivity index (χ3v) is 3.03. The van der Waals surface area contributed by atoms with Gasteiger partial charge in [0, 0.05) is 16.6 Å². The van der Waals surface area contributed by atoms with Crippen LogP contribution in [0.15, 0.2) is 10.5 Å². The fourth-order valence-corrected chi connectivity index (χ4v) is 1.85. The molecule has 0 saturated heterocycles. The highest BCUT2D eigenvalue weighted by atomic mass is 79.9. The minimum atomic E-state index is -0.402. The molecule has 1 aromatic rings. The van der Waals surface area contributed by atoms with Gasteiger partial charge >= 0.3 is 0 Å². The zero-order valence-corrected chi connectivity index (χ0v) is 10.9. The lowest BCUT2D eigenvalue weighted by atomic mass is 10.1. The van der Waals surface area contributed by atoms with Gasteiger partial charge in [0.05, 0.1) is 12.0 Å². The number of nitrogens with one attached hydrogen (secondary N) is 1. The molecule has 0 saturated carbocycles. The van der Waals surface area contributed by atoms with Gasteiger partial charge in [0.1, 0.15) is 5.75 Å². The molecule has 0 amide bonds. The number of rotatable bonds is 4. The fourth-order valence-electron chi connectivity index (χ4n) is 1.45. The third kappa shape index (κ3) is 2.27. The van der Waals surface area contributed by atoms with E-state index in [1.165, 1.54) is 7.11 Å². The number of anilines is 1. The Hall–Kier alpha value is -1.30. The molecule has 6 heteroatoms. The highest BCUT2D eigenvalue weighted by molar-refractivity contribution is 9.10. The minimum Gasteiger partial charge on any atom is -0.494 e. The van der Waals surface area contributed by atoms with E-state index in [1.54, 1.807) is 13.0 Å². The number of nitrogens with zero attached hydrogens (tertiary/aromatic N) is 1. The van der Waals surface area contributed by atoms with Crippen LogP contribution in [-0.4, -0.2) is 18.6 Å². The first-order valence-electron chi connectivity index (χ1n) is 4.78. The van der Waals surface area contributed by atoms with Gasteiger partial charge in [-0.2, -0.15) is 0 Å². The average Bonchev–Trinajstić information content (AvgIpc) is 2.23. The lowest BCUT2D eigenvalue weighted by molar-refractivity contribution is -0.384. The molecule has 0 radical (unpaired) electrons. The first kappa shape index (κ1) is 12.8. The Morgan fingerprint density at radius 1 is 1.62 bits per heavy atom. The molecule has 0 heterocycles. The predicted octanol–water partition coefficient (Wildman–Crippen LogP) is 3.11. The number of hydrogen-bond acceptors (Lipinski definition) is 4. The number of methoxy groups -OCH3 is 1. The topological polar surface area (TPSA) is 64.4 Å². The van der Waals surface area contributed by atoms with Gasteiger partial charge in [0.15, 0.2) is 5.69 Å². The van der Waals surface area contributed by atoms with Gasteiger partial charge in [-0.15, -0.1) is 0 Å². The Morgan fingerprint density at radius 3 is 2.69 bits per heavy atom. The summed E-state index contributed by atoms with van der Waals surface area (Å²) in [4.78, 5) is 10.6. The highest BCUT2D eigenvalue weighted by Crippen LogP contribution is 2.41. The van der Waals surface area contributed by atoms with Gasteiger partial charge in [-0.1, -0.05) is 15.9 Å². The maximum Gasteiger partial charge on any atom is 0.300 e. The molecule has 0 atom stereocenters. The van der Waals surface area contributed by atoms with Crippen molar-refractivity contribution in [1.29, 1.82) is 0 Å². The number of hydrogen-bond donors (Lipinski definition) is 1. The smallest absolute Gasteiger partial charge is 0.300 e. The van der Waals surface area contributed by atoms with Crippen LogP contribution in [0.25, 0.3) is 0 Å². The molecule has 0 aliphatic heterocycles. The fraction of sp³-hybridized carbons (Fsp3) is 0.400.